The number of alkyl halides is 2. The molecule has 0 aliphatic heterocycles. The molecule has 0 atom stereocenters. The summed E-state index contributed by atoms with van der Waals surface area (Å²) in [6, 6.07) is 10.5. The molecule has 1 saturated carbocycles. The lowest BCUT2D eigenvalue weighted by Crippen LogP contribution is -2.24. The first-order valence-electron chi connectivity index (χ1n) is 11.5. The molecule has 1 aliphatic carbocycles. The lowest BCUT2D eigenvalue weighted by molar-refractivity contribution is -0.0384. The van der Waals surface area contributed by atoms with Crippen molar-refractivity contribution >= 4 is 6.08 Å². The summed E-state index contributed by atoms with van der Waals surface area (Å²) in [5, 5.41) is 0. The molecule has 1 aliphatic rings. The molecule has 0 aromatic heterocycles. The summed E-state index contributed by atoms with van der Waals surface area (Å²) in [7, 11) is 0. The van der Waals surface area contributed by atoms with Crippen LogP contribution in [0.4, 0.5) is 17.6 Å². The molecule has 0 N–H and O–H groups in total. The fourth-order valence-corrected chi connectivity index (χ4v) is 4.05. The van der Waals surface area contributed by atoms with Gasteiger partial charge in [-0.3, -0.25) is 0 Å². The molecular formula is C28H30F4. The minimum absolute atomic E-state index is 0.0246. The van der Waals surface area contributed by atoms with E-state index in [9.17, 15) is 17.6 Å². The zero-order chi connectivity index (χ0) is 23.0. The Labute approximate surface area is 188 Å². The van der Waals surface area contributed by atoms with Crippen molar-refractivity contribution in [1.29, 1.82) is 0 Å². The van der Waals surface area contributed by atoms with Crippen LogP contribution in [0.1, 0.15) is 92.9 Å². The van der Waals surface area contributed by atoms with Crippen LogP contribution in [0, 0.1) is 23.5 Å². The normalized spacial score (nSPS) is 16.2. The van der Waals surface area contributed by atoms with Crippen molar-refractivity contribution in [2.45, 2.75) is 76.6 Å². The van der Waals surface area contributed by atoms with E-state index >= 15 is 0 Å². The average molecular weight is 443 g/mol. The number of unbranched alkanes of at least 4 members (excludes halogenated alkanes) is 4. The SMILES string of the molecule is CCCCCC/C=C/c1ccc(C#Cc2ccc(C3CCC(F)(F)CC3)c(F)c2F)cc1. The molecule has 0 heterocycles. The molecule has 3 rings (SSSR count). The smallest absolute Gasteiger partial charge is 0.207 e. The maximum absolute atomic E-state index is 14.6. The van der Waals surface area contributed by atoms with E-state index in [0.29, 0.717) is 5.56 Å². The Morgan fingerprint density at radius 2 is 1.62 bits per heavy atom. The zero-order valence-corrected chi connectivity index (χ0v) is 18.6. The van der Waals surface area contributed by atoms with Crippen LogP contribution in [0.5, 0.6) is 0 Å². The Hall–Kier alpha value is -2.54. The van der Waals surface area contributed by atoms with Crippen molar-refractivity contribution in [2.75, 3.05) is 0 Å². The highest BCUT2D eigenvalue weighted by Gasteiger charge is 2.36. The number of allylic oxidation sites excluding steroid dienone is 1. The topological polar surface area (TPSA) is 0 Å². The molecule has 0 bridgehead atoms. The zero-order valence-electron chi connectivity index (χ0n) is 18.6. The van der Waals surface area contributed by atoms with Crippen LogP contribution in [-0.4, -0.2) is 5.92 Å². The van der Waals surface area contributed by atoms with E-state index in [-0.39, 0.29) is 42.7 Å². The van der Waals surface area contributed by atoms with Gasteiger partial charge in [0.1, 0.15) is 0 Å². The lowest BCUT2D eigenvalue weighted by atomic mass is 9.82. The van der Waals surface area contributed by atoms with Crippen molar-refractivity contribution < 1.29 is 17.6 Å². The molecule has 170 valence electrons. The van der Waals surface area contributed by atoms with E-state index in [1.54, 1.807) is 0 Å². The third-order valence-electron chi connectivity index (χ3n) is 6.06. The van der Waals surface area contributed by atoms with Crippen molar-refractivity contribution in [3.05, 3.63) is 76.4 Å². The molecular weight excluding hydrogens is 412 g/mol. The van der Waals surface area contributed by atoms with Gasteiger partial charge in [-0.15, -0.1) is 0 Å². The summed E-state index contributed by atoms with van der Waals surface area (Å²) < 4.78 is 55.9. The molecule has 2 aromatic carbocycles. The van der Waals surface area contributed by atoms with Crippen LogP contribution in [-0.2, 0) is 0 Å². The first-order chi connectivity index (χ1) is 15.4. The van der Waals surface area contributed by atoms with E-state index in [1.165, 1.54) is 37.8 Å². The van der Waals surface area contributed by atoms with Gasteiger partial charge in [-0.1, -0.05) is 68.4 Å². The lowest BCUT2D eigenvalue weighted by Gasteiger charge is -2.28. The Morgan fingerprint density at radius 1 is 0.906 bits per heavy atom. The average Bonchev–Trinajstić information content (AvgIpc) is 2.78. The maximum Gasteiger partial charge on any atom is 0.248 e. The van der Waals surface area contributed by atoms with Gasteiger partial charge in [-0.2, -0.15) is 0 Å². The van der Waals surface area contributed by atoms with Crippen LogP contribution in [0.2, 0.25) is 0 Å². The Morgan fingerprint density at radius 3 is 2.31 bits per heavy atom. The van der Waals surface area contributed by atoms with Gasteiger partial charge in [0.25, 0.3) is 0 Å². The number of hydrogen-bond donors (Lipinski definition) is 0. The summed E-state index contributed by atoms with van der Waals surface area (Å²) in [5.41, 5.74) is 1.94. The Balaban J connectivity index is 1.63. The maximum atomic E-state index is 14.6. The molecule has 2 aromatic rings. The fraction of sp³-hybridized carbons (Fsp3) is 0.429. The molecule has 0 saturated heterocycles. The third kappa shape index (κ3) is 6.73. The van der Waals surface area contributed by atoms with Gasteiger partial charge in [0.15, 0.2) is 11.6 Å². The molecule has 4 heteroatoms. The fourth-order valence-electron chi connectivity index (χ4n) is 4.05. The van der Waals surface area contributed by atoms with Crippen molar-refractivity contribution in [2.24, 2.45) is 0 Å². The minimum Gasteiger partial charge on any atom is -0.207 e. The number of halogens is 4. The molecule has 0 nitrogen and oxygen atoms in total. The predicted molar refractivity (Wildman–Crippen MR) is 123 cm³/mol. The highest BCUT2D eigenvalue weighted by atomic mass is 19.3. The van der Waals surface area contributed by atoms with Crippen LogP contribution < -0.4 is 0 Å². The van der Waals surface area contributed by atoms with E-state index in [2.05, 4.69) is 30.9 Å². The summed E-state index contributed by atoms with van der Waals surface area (Å²) in [4.78, 5) is 0. The van der Waals surface area contributed by atoms with Crippen LogP contribution in [0.25, 0.3) is 6.08 Å². The predicted octanol–water partition coefficient (Wildman–Crippen LogP) is 8.64. The number of benzene rings is 2. The monoisotopic (exact) mass is 442 g/mol. The van der Waals surface area contributed by atoms with Gasteiger partial charge >= 0.3 is 0 Å². The third-order valence-corrected chi connectivity index (χ3v) is 6.06. The van der Waals surface area contributed by atoms with Crippen molar-refractivity contribution in [3.63, 3.8) is 0 Å². The van der Waals surface area contributed by atoms with Gasteiger partial charge < -0.3 is 0 Å². The van der Waals surface area contributed by atoms with Gasteiger partial charge in [-0.25, -0.2) is 17.6 Å². The highest BCUT2D eigenvalue weighted by molar-refractivity contribution is 5.52. The molecule has 0 amide bonds. The molecule has 0 spiro atoms. The second kappa shape index (κ2) is 11.4. The van der Waals surface area contributed by atoms with E-state index in [1.807, 2.05) is 24.3 Å². The standard InChI is InChI=1S/C28H30F4/c1-2-3-4-5-6-7-8-21-9-11-22(12-10-21)13-14-24-15-16-25(27(30)26(24)29)23-17-19-28(31,32)20-18-23/h7-12,15-16,23H,2-6,17-20H2,1H3/b8-7+. The Kier molecular flexibility index (Phi) is 8.56. The molecule has 0 radical (unpaired) electrons. The summed E-state index contributed by atoms with van der Waals surface area (Å²) >= 11 is 0. The second-order valence-electron chi connectivity index (χ2n) is 8.58. The van der Waals surface area contributed by atoms with E-state index in [0.717, 1.165) is 12.0 Å². The van der Waals surface area contributed by atoms with Gasteiger partial charge in [0.2, 0.25) is 5.92 Å². The summed E-state index contributed by atoms with van der Waals surface area (Å²) in [6.45, 7) is 2.20. The van der Waals surface area contributed by atoms with Gasteiger partial charge in [-0.05, 0) is 60.9 Å². The molecule has 1 fully saturated rings. The molecule has 0 unspecified atom stereocenters. The summed E-state index contributed by atoms with van der Waals surface area (Å²) in [6.07, 6.45) is 10.0. The minimum atomic E-state index is -2.70. The van der Waals surface area contributed by atoms with Crippen LogP contribution in [0.15, 0.2) is 42.5 Å². The van der Waals surface area contributed by atoms with E-state index < -0.39 is 17.6 Å². The van der Waals surface area contributed by atoms with Gasteiger partial charge in [0.05, 0.1) is 5.56 Å². The van der Waals surface area contributed by atoms with Crippen LogP contribution >= 0.6 is 0 Å². The first-order valence-corrected chi connectivity index (χ1v) is 11.5. The quantitative estimate of drug-likeness (QED) is 0.229. The second-order valence-corrected chi connectivity index (χ2v) is 8.58. The van der Waals surface area contributed by atoms with Crippen LogP contribution in [0.3, 0.4) is 0 Å². The highest BCUT2D eigenvalue weighted by Crippen LogP contribution is 2.41. The Bertz CT molecular complexity index is 967. The van der Waals surface area contributed by atoms with Crippen molar-refractivity contribution in [3.8, 4) is 11.8 Å². The largest absolute Gasteiger partial charge is 0.248 e. The molecule has 32 heavy (non-hydrogen) atoms. The van der Waals surface area contributed by atoms with E-state index in [4.69, 9.17) is 0 Å². The summed E-state index contributed by atoms with van der Waals surface area (Å²) in [5.74, 6) is 0.533. The number of rotatable bonds is 7. The first kappa shape index (κ1) is 24.1. The number of hydrogen-bond acceptors (Lipinski definition) is 0. The van der Waals surface area contributed by atoms with Crippen molar-refractivity contribution in [1.82, 2.24) is 0 Å². The van der Waals surface area contributed by atoms with Gasteiger partial charge in [0, 0.05) is 18.4 Å².